The lowest BCUT2D eigenvalue weighted by molar-refractivity contribution is -0.121. The molecular weight excluding hydrogens is 338 g/mol. The average molecular weight is 356 g/mol. The van der Waals surface area contributed by atoms with Crippen molar-refractivity contribution in [3.8, 4) is 11.5 Å². The molecule has 0 saturated heterocycles. The monoisotopic (exact) mass is 355 g/mol. The van der Waals surface area contributed by atoms with Crippen molar-refractivity contribution in [2.75, 3.05) is 0 Å². The number of aryl methyl sites for hydroxylation is 2. The summed E-state index contributed by atoms with van der Waals surface area (Å²) in [6.07, 6.45) is 0.703. The number of hydrogen-bond donors (Lipinski definition) is 1. The summed E-state index contributed by atoms with van der Waals surface area (Å²) in [4.78, 5) is 12.0. The van der Waals surface area contributed by atoms with Crippen LogP contribution >= 0.6 is 11.6 Å². The van der Waals surface area contributed by atoms with Crippen LogP contribution in [0, 0.1) is 6.92 Å². The van der Waals surface area contributed by atoms with Gasteiger partial charge in [0.15, 0.2) is 0 Å². The van der Waals surface area contributed by atoms with Crippen LogP contribution in [0.4, 0.5) is 0 Å². The summed E-state index contributed by atoms with van der Waals surface area (Å²) < 4.78 is 5.60. The van der Waals surface area contributed by atoms with Gasteiger partial charge in [0.25, 0.3) is 0 Å². The Morgan fingerprint density at radius 3 is 2.64 bits per heavy atom. The fraction of sp³-hybridized carbons (Fsp3) is 0.211. The Kier molecular flexibility index (Phi) is 5.46. The van der Waals surface area contributed by atoms with E-state index in [1.54, 1.807) is 12.1 Å². The molecule has 0 radical (unpaired) electrons. The van der Waals surface area contributed by atoms with Gasteiger partial charge in [0.1, 0.15) is 0 Å². The Bertz CT molecular complexity index is 859. The number of nitrogens with zero attached hydrogens (tertiary/aromatic N) is 2. The molecule has 3 aromatic rings. The minimum absolute atomic E-state index is 0.0468. The molecule has 1 heterocycles. The van der Waals surface area contributed by atoms with Crippen LogP contribution in [-0.4, -0.2) is 16.1 Å². The predicted molar refractivity (Wildman–Crippen MR) is 96.1 cm³/mol. The molecule has 3 rings (SSSR count). The molecular formula is C19H18ClN3O2. The van der Waals surface area contributed by atoms with Gasteiger partial charge in [0, 0.05) is 30.0 Å². The zero-order valence-electron chi connectivity index (χ0n) is 13.8. The topological polar surface area (TPSA) is 68.0 Å². The van der Waals surface area contributed by atoms with Gasteiger partial charge in [0.05, 0.1) is 0 Å². The lowest BCUT2D eigenvalue weighted by Gasteiger charge is -2.07. The zero-order chi connectivity index (χ0) is 17.6. The van der Waals surface area contributed by atoms with E-state index >= 15 is 0 Å². The summed E-state index contributed by atoms with van der Waals surface area (Å²) in [6.45, 7) is 2.55. The summed E-state index contributed by atoms with van der Waals surface area (Å²) in [5.74, 6) is 0.817. The number of rotatable bonds is 6. The van der Waals surface area contributed by atoms with Crippen molar-refractivity contribution in [3.63, 3.8) is 0 Å². The van der Waals surface area contributed by atoms with E-state index in [4.69, 9.17) is 16.0 Å². The van der Waals surface area contributed by atoms with E-state index in [1.165, 1.54) is 0 Å². The van der Waals surface area contributed by atoms with Crippen LogP contribution in [0.2, 0.25) is 5.02 Å². The third-order valence-corrected chi connectivity index (χ3v) is 4.11. The van der Waals surface area contributed by atoms with Crippen molar-refractivity contribution in [2.24, 2.45) is 0 Å². The smallest absolute Gasteiger partial charge is 0.247 e. The first kappa shape index (κ1) is 17.2. The van der Waals surface area contributed by atoms with Crippen molar-refractivity contribution < 1.29 is 9.21 Å². The van der Waals surface area contributed by atoms with Gasteiger partial charge in [-0.15, -0.1) is 10.2 Å². The van der Waals surface area contributed by atoms with Gasteiger partial charge in [0.2, 0.25) is 17.7 Å². The molecule has 6 heteroatoms. The highest BCUT2D eigenvalue weighted by Crippen LogP contribution is 2.20. The van der Waals surface area contributed by atoms with Crippen LogP contribution in [0.15, 0.2) is 52.9 Å². The maximum atomic E-state index is 12.0. The lowest BCUT2D eigenvalue weighted by atomic mass is 10.1. The average Bonchev–Trinajstić information content (AvgIpc) is 3.09. The van der Waals surface area contributed by atoms with Crippen LogP contribution in [0.25, 0.3) is 11.5 Å². The van der Waals surface area contributed by atoms with Crippen molar-refractivity contribution >= 4 is 17.5 Å². The van der Waals surface area contributed by atoms with Crippen LogP contribution in [0.1, 0.15) is 23.4 Å². The molecule has 0 aliphatic rings. The second-order valence-electron chi connectivity index (χ2n) is 5.71. The van der Waals surface area contributed by atoms with Gasteiger partial charge in [-0.25, -0.2) is 0 Å². The molecule has 0 unspecified atom stereocenters. The number of nitrogens with one attached hydrogen (secondary N) is 1. The molecule has 0 aliphatic carbocycles. The maximum Gasteiger partial charge on any atom is 0.247 e. The molecule has 1 amide bonds. The number of benzene rings is 2. The van der Waals surface area contributed by atoms with Gasteiger partial charge in [-0.3, -0.25) is 4.79 Å². The highest BCUT2D eigenvalue weighted by Gasteiger charge is 2.10. The lowest BCUT2D eigenvalue weighted by Crippen LogP contribution is -2.23. The van der Waals surface area contributed by atoms with Gasteiger partial charge < -0.3 is 9.73 Å². The Hall–Kier alpha value is -2.66. The minimum atomic E-state index is -0.0468. The van der Waals surface area contributed by atoms with E-state index in [0.717, 1.165) is 16.7 Å². The fourth-order valence-corrected chi connectivity index (χ4v) is 2.50. The highest BCUT2D eigenvalue weighted by molar-refractivity contribution is 6.30. The molecule has 25 heavy (non-hydrogen) atoms. The molecule has 1 N–H and O–H groups in total. The van der Waals surface area contributed by atoms with Gasteiger partial charge in [-0.05, 0) is 42.3 Å². The minimum Gasteiger partial charge on any atom is -0.421 e. The van der Waals surface area contributed by atoms with E-state index in [0.29, 0.717) is 36.2 Å². The molecule has 0 atom stereocenters. The van der Waals surface area contributed by atoms with Crippen LogP contribution in [0.3, 0.4) is 0 Å². The predicted octanol–water partition coefficient (Wildman–Crippen LogP) is 3.95. The molecule has 1 aromatic heterocycles. The molecule has 0 spiro atoms. The second-order valence-corrected chi connectivity index (χ2v) is 6.15. The number of carbonyl (C=O) groups excluding carboxylic acids is 1. The van der Waals surface area contributed by atoms with Gasteiger partial charge >= 0.3 is 0 Å². The summed E-state index contributed by atoms with van der Waals surface area (Å²) in [5.41, 5.74) is 3.07. The number of hydrogen-bond acceptors (Lipinski definition) is 4. The van der Waals surface area contributed by atoms with E-state index in [9.17, 15) is 4.79 Å². The molecule has 128 valence electrons. The standard InChI is InChI=1S/C19H18ClN3O2/c1-13-4-2-3-5-15(13)12-21-17(24)10-11-18-22-23-19(25-18)14-6-8-16(20)9-7-14/h2-9H,10-12H2,1H3,(H,21,24). The molecule has 0 fully saturated rings. The number of aromatic nitrogens is 2. The Labute approximate surface area is 151 Å². The Morgan fingerprint density at radius 1 is 1.12 bits per heavy atom. The molecule has 0 saturated carbocycles. The van der Waals surface area contributed by atoms with E-state index < -0.39 is 0 Å². The van der Waals surface area contributed by atoms with Crippen molar-refractivity contribution in [1.82, 2.24) is 15.5 Å². The van der Waals surface area contributed by atoms with E-state index in [2.05, 4.69) is 15.5 Å². The first-order valence-corrected chi connectivity index (χ1v) is 8.39. The Morgan fingerprint density at radius 2 is 1.88 bits per heavy atom. The summed E-state index contributed by atoms with van der Waals surface area (Å²) in [6, 6.07) is 15.1. The third kappa shape index (κ3) is 4.67. The summed E-state index contributed by atoms with van der Waals surface area (Å²) in [5, 5.41) is 11.6. The van der Waals surface area contributed by atoms with E-state index in [1.807, 2.05) is 43.3 Å². The number of amides is 1. The molecule has 5 nitrogen and oxygen atoms in total. The first-order chi connectivity index (χ1) is 12.1. The molecule has 2 aromatic carbocycles. The van der Waals surface area contributed by atoms with Crippen LogP contribution in [-0.2, 0) is 17.8 Å². The fourth-order valence-electron chi connectivity index (χ4n) is 2.37. The number of halogens is 1. The third-order valence-electron chi connectivity index (χ3n) is 3.86. The zero-order valence-corrected chi connectivity index (χ0v) is 14.6. The van der Waals surface area contributed by atoms with Gasteiger partial charge in [-0.1, -0.05) is 35.9 Å². The highest BCUT2D eigenvalue weighted by atomic mass is 35.5. The van der Waals surface area contributed by atoms with E-state index in [-0.39, 0.29) is 5.91 Å². The summed E-state index contributed by atoms with van der Waals surface area (Å²) in [7, 11) is 0. The largest absolute Gasteiger partial charge is 0.421 e. The quantitative estimate of drug-likeness (QED) is 0.727. The summed E-state index contributed by atoms with van der Waals surface area (Å²) >= 11 is 5.86. The van der Waals surface area contributed by atoms with Crippen molar-refractivity contribution in [1.29, 1.82) is 0 Å². The normalized spacial score (nSPS) is 10.6. The van der Waals surface area contributed by atoms with Crippen LogP contribution in [0.5, 0.6) is 0 Å². The van der Waals surface area contributed by atoms with Gasteiger partial charge in [-0.2, -0.15) is 0 Å². The van der Waals surface area contributed by atoms with Crippen LogP contribution < -0.4 is 5.32 Å². The maximum absolute atomic E-state index is 12.0. The molecule has 0 aliphatic heterocycles. The first-order valence-electron chi connectivity index (χ1n) is 8.01. The van der Waals surface area contributed by atoms with Crippen molar-refractivity contribution in [3.05, 3.63) is 70.6 Å². The Balaban J connectivity index is 1.51. The number of carbonyl (C=O) groups is 1. The van der Waals surface area contributed by atoms with Crippen molar-refractivity contribution in [2.45, 2.75) is 26.3 Å². The second kappa shape index (κ2) is 7.94. The molecule has 0 bridgehead atoms. The SMILES string of the molecule is Cc1ccccc1CNC(=O)CCc1nnc(-c2ccc(Cl)cc2)o1.